The first kappa shape index (κ1) is 94.1. The van der Waals surface area contributed by atoms with Gasteiger partial charge in [-0.25, -0.2) is 19.9 Å². The number of likely N-dealkylation sites (N-methyl/N-ethyl adjacent to an activating group) is 8. The highest BCUT2D eigenvalue weighted by Gasteiger charge is 2.41. The molecule has 4 aromatic heterocycles. The number of allylic oxidation sites excluding steroid dienone is 1. The summed E-state index contributed by atoms with van der Waals surface area (Å²) in [6, 6.07) is 52.6. The Balaban J connectivity index is 0.000000197. The van der Waals surface area contributed by atoms with Crippen LogP contribution in [0.25, 0.3) is 0 Å². The molecule has 4 aliphatic rings. The van der Waals surface area contributed by atoms with Crippen LogP contribution in [0.15, 0.2) is 220 Å². The monoisotopic (exact) mass is 2080 g/mol. The summed E-state index contributed by atoms with van der Waals surface area (Å²) in [4.78, 5) is 98.2. The van der Waals surface area contributed by atoms with Crippen molar-refractivity contribution in [1.82, 2.24) is 64.8 Å². The third-order valence-corrected chi connectivity index (χ3v) is 25.1. The van der Waals surface area contributed by atoms with Gasteiger partial charge in [0, 0.05) is 226 Å². The number of aromatic nitrogens is 8. The van der Waals surface area contributed by atoms with Gasteiger partial charge in [-0.3, -0.25) is 29.8 Å². The van der Waals surface area contributed by atoms with Gasteiger partial charge in [-0.05, 0) is 170 Å². The number of nitrogens with zero attached hydrogens (tertiary/aromatic N) is 21. The quantitative estimate of drug-likeness (QED) is 0.00630. The average Bonchev–Trinajstić information content (AvgIpc) is 1.62. The number of nitrogen functional groups attached to an aromatic ring is 1. The standard InChI is InChI=1S/C29H37N7O2.C26H33N7O3.C26H35N7O.C21H20FN5O3.C5H14N2.C3H3ClO/c1-8-27(37)31-21-17-22(25(38-7)18-24(21)35(6)16-15-34(4)5)32-28-30-14-13-26(33-28)36-19-29(2,3)20-11-9-10-12-23(20)36;1-26(2)17-32(20-10-8-7-9-18(20)26)24-11-12-27-25(29-24)28-19-15-22(33(34)35)21(16-23(19)36-6)31(5)14-13-30(3)4;1-26(2)17-33(21-10-8-7-9-18(21)26)24-11-12-28-25(30-24)29-20-15-19(27)22(16-23(20)34-6)32(5)14-13-31(3)4;1-21(2)12-26(16-7-5-4-6-13(16)21)19-8-9-23-20(25-19)24-15-11-17(27(28)29)14(22)10-18(15)30-3;1-6-4-5-7(2)3;1-2-3(4)5/h8-14,17-18H,1,15-16,19H2,2-7H3,(H,31,37)(H,30,32,33);7-12,15-16H,13-14,17H2,1-6H3,(H,27,28,29);7-12,15-16H,13-14,17,27H2,1-6H3,(H,28,29,30);4-11H,12H2,1-3H3,(H,23,24,25);6H,4-5H2,1-3H3;2H,1H2/i4D3;2*3D3;;2D3,3D3;. The van der Waals surface area contributed by atoms with Crippen LogP contribution < -0.4 is 90.9 Å². The van der Waals surface area contributed by atoms with Crippen LogP contribution in [-0.4, -0.2) is 272 Å². The second-order valence-corrected chi connectivity index (χ2v) is 38.5. The number of nitro benzene ring substituents is 2. The van der Waals surface area contributed by atoms with Crippen LogP contribution >= 0.6 is 11.6 Å². The molecule has 8 aromatic carbocycles. The second kappa shape index (κ2) is 51.3. The van der Waals surface area contributed by atoms with Crippen LogP contribution in [0.4, 0.5) is 137 Å². The fourth-order valence-electron chi connectivity index (χ4n) is 17.3. The summed E-state index contributed by atoms with van der Waals surface area (Å²) in [6.45, 7) is 17.9. The zero-order valence-corrected chi connectivity index (χ0v) is 88.6. The summed E-state index contributed by atoms with van der Waals surface area (Å²) in [5.41, 5.74) is 19.3. The first-order chi connectivity index (χ1) is 77.3. The number of nitrogens with two attached hydrogens (primary N) is 1. The van der Waals surface area contributed by atoms with E-state index in [0.29, 0.717) is 112 Å². The molecule has 8 N–H and O–H groups in total. The van der Waals surface area contributed by atoms with Gasteiger partial charge in [-0.15, -0.1) is 0 Å². The molecule has 0 fully saturated rings. The number of carbonyl (C=O) groups is 2. The first-order valence-electron chi connectivity index (χ1n) is 55.2. The fraction of sp³-hybridized carbons (Fsp3) is 0.364. The molecular weight excluding hydrogens is 1930 g/mol. The third-order valence-electron chi connectivity index (χ3n) is 24.9. The summed E-state index contributed by atoms with van der Waals surface area (Å²) in [7, 11) is 17.6. The summed E-state index contributed by atoms with van der Waals surface area (Å²) >= 11 is 4.71. The number of halogens is 2. The van der Waals surface area contributed by atoms with Gasteiger partial charge in [0.2, 0.25) is 40.8 Å². The molecule has 0 radical (unpaired) electrons. The number of fused-ring (bicyclic) bond motifs is 4. The highest BCUT2D eigenvalue weighted by molar-refractivity contribution is 6.66. The van der Waals surface area contributed by atoms with Gasteiger partial charge in [0.1, 0.15) is 52.0 Å². The Labute approximate surface area is 905 Å². The number of amides is 1. The Kier molecular flexibility index (Phi) is 32.2. The van der Waals surface area contributed by atoms with Crippen molar-refractivity contribution >= 4 is 155 Å². The lowest BCUT2D eigenvalue weighted by molar-refractivity contribution is -0.387. The van der Waals surface area contributed by atoms with E-state index in [0.717, 1.165) is 84.5 Å². The summed E-state index contributed by atoms with van der Waals surface area (Å²) in [5, 5.41) is 40.6. The van der Waals surface area contributed by atoms with Gasteiger partial charge in [0.15, 0.2) is 0 Å². The highest BCUT2D eigenvalue weighted by Crippen LogP contribution is 2.50. The molecule has 0 aliphatic carbocycles. The van der Waals surface area contributed by atoms with Crippen molar-refractivity contribution in [2.45, 2.75) is 77.0 Å². The van der Waals surface area contributed by atoms with Gasteiger partial charge in [-0.2, -0.15) is 24.3 Å². The molecule has 0 saturated carbocycles. The molecule has 0 saturated heterocycles. The van der Waals surface area contributed by atoms with Gasteiger partial charge < -0.3 is 110 Å². The van der Waals surface area contributed by atoms with E-state index < -0.39 is 61.5 Å². The van der Waals surface area contributed by atoms with Crippen molar-refractivity contribution in [3.63, 3.8) is 0 Å². The van der Waals surface area contributed by atoms with Crippen molar-refractivity contribution in [3.8, 4) is 23.0 Å². The molecule has 1 amide bonds. The Morgan fingerprint density at radius 1 is 0.433 bits per heavy atom. The molecule has 8 heterocycles. The third kappa shape index (κ3) is 29.2. The first-order valence-corrected chi connectivity index (χ1v) is 48.1. The zero-order chi connectivity index (χ0) is 122. The van der Waals surface area contributed by atoms with Gasteiger partial charge >= 0.3 is 5.69 Å². The van der Waals surface area contributed by atoms with Crippen LogP contribution in [0.1, 0.15) is 98.2 Å². The minimum atomic E-state index is -2.57. The van der Waals surface area contributed by atoms with Gasteiger partial charge in [0.25, 0.3) is 5.69 Å². The summed E-state index contributed by atoms with van der Waals surface area (Å²) in [6.07, 6.45) is 8.91. The van der Waals surface area contributed by atoms with E-state index in [1.807, 2.05) is 90.6 Å². The Morgan fingerprint density at radius 2 is 0.733 bits per heavy atom. The number of nitrogens with one attached hydrogen (secondary N) is 6. The van der Waals surface area contributed by atoms with E-state index >= 15 is 0 Å². The van der Waals surface area contributed by atoms with E-state index in [1.54, 1.807) is 102 Å². The number of hydrogen-bond donors (Lipinski definition) is 7. The SMILES string of the molecule is C=CC(=O)Cl.COc1cc(F)c([N+](=O)[O-])cc1Nc1nccc(N2CC(C)(C)c3ccccc32)n1.[2H]C([2H])([2H])N(C)CCN(C)c1cc(OC)c(Nc2nccc(N3CC(C)(C)c4ccccc43)n2)cc1N.[2H]C([2H])([2H])N(C)CCN(C)c1cc(OC)c(Nc2nccc(N3CC(C)(C)c4ccccc43)n2)cc1NC(=O)C=C.[2H]C([2H])([2H])N(C)CCN(C)c1cc(OC)c(Nc2nccc(N3CC(C)(C)c4ccccc43)n2)cc1[N+](=O)[O-].[2H]C([2H])([2H])N(CCNC)C([2H])([2H])[2H]. The van der Waals surface area contributed by atoms with Crippen LogP contribution in [0.5, 0.6) is 23.0 Å². The largest absolute Gasteiger partial charge is 0.494 e. The number of hydrogen-bond acceptors (Lipinski definition) is 35. The maximum Gasteiger partial charge on any atom is 0.307 e. The second-order valence-electron chi connectivity index (χ2n) is 38.1. The predicted octanol–water partition coefficient (Wildman–Crippen LogP) is 19.0. The molecule has 12 aromatic rings. The van der Waals surface area contributed by atoms with Crippen molar-refractivity contribution in [1.29, 1.82) is 0 Å². The normalized spacial score (nSPS) is 15.5. The number of ether oxygens (including phenoxy) is 4. The van der Waals surface area contributed by atoms with E-state index in [1.165, 1.54) is 70.4 Å². The minimum absolute atomic E-state index is 0.00691. The lowest BCUT2D eigenvalue weighted by atomic mass is 9.87. The Morgan fingerprint density at radius 3 is 1.05 bits per heavy atom. The van der Waals surface area contributed by atoms with E-state index in [2.05, 4.69) is 200 Å². The maximum absolute atomic E-state index is 13.9. The number of anilines is 21. The van der Waals surface area contributed by atoms with Crippen molar-refractivity contribution in [2.24, 2.45) is 0 Å². The van der Waals surface area contributed by atoms with Crippen molar-refractivity contribution < 1.29 is 63.3 Å². The summed E-state index contributed by atoms with van der Waals surface area (Å²) < 4.78 is 146. The molecule has 38 nitrogen and oxygen atoms in total. The molecule has 0 unspecified atom stereocenters. The minimum Gasteiger partial charge on any atom is -0.494 e. The smallest absolute Gasteiger partial charge is 0.307 e. The van der Waals surface area contributed by atoms with Crippen molar-refractivity contribution in [2.75, 3.05) is 258 Å². The Bertz CT molecular complexity index is 7340. The molecule has 0 bridgehead atoms. The van der Waals surface area contributed by atoms with E-state index in [9.17, 15) is 34.2 Å². The van der Waals surface area contributed by atoms with Crippen molar-refractivity contribution in [3.05, 3.63) is 268 Å². The Hall–Kier alpha value is -15.7. The van der Waals surface area contributed by atoms with Crippen LogP contribution in [0.3, 0.4) is 0 Å². The number of methoxy groups -OCH3 is 4. The summed E-state index contributed by atoms with van der Waals surface area (Å²) in [5.74, 6) is 4.39. The van der Waals surface area contributed by atoms with Crippen LogP contribution in [0.2, 0.25) is 0 Å². The average molecular weight is 2090 g/mol. The zero-order valence-electron chi connectivity index (χ0n) is 103. The fourth-order valence-corrected chi connectivity index (χ4v) is 17.3. The molecular formula is C110H142ClFN28O10. The number of carbonyl (C=O) groups excluding carboxylic acids is 2. The van der Waals surface area contributed by atoms with Crippen LogP contribution in [0, 0.1) is 26.0 Å². The van der Waals surface area contributed by atoms with E-state index in [-0.39, 0.29) is 82.8 Å². The van der Waals surface area contributed by atoms with E-state index in [4.69, 9.17) is 71.8 Å². The van der Waals surface area contributed by atoms with Gasteiger partial charge in [-0.1, -0.05) is 141 Å². The maximum atomic E-state index is 13.9. The molecule has 0 atom stereocenters. The lowest BCUT2D eigenvalue weighted by Gasteiger charge is -2.26. The molecule has 40 heteroatoms. The molecule has 150 heavy (non-hydrogen) atoms. The number of nitro groups is 2. The van der Waals surface area contributed by atoms with Crippen LogP contribution in [-0.2, 0) is 31.2 Å². The number of para-hydroxylation sites is 4. The lowest BCUT2D eigenvalue weighted by Crippen LogP contribution is -2.29. The number of rotatable bonds is 36. The highest BCUT2D eigenvalue weighted by atomic mass is 35.5. The molecule has 796 valence electrons. The topological polar surface area (TPSA) is 394 Å². The van der Waals surface area contributed by atoms with Gasteiger partial charge in [0.05, 0.1) is 83.8 Å². The number of benzene rings is 8. The molecule has 16 rings (SSSR count). The molecule has 4 aliphatic heterocycles. The molecule has 0 spiro atoms. The predicted molar refractivity (Wildman–Crippen MR) is 605 cm³/mol.